The first-order valence-electron chi connectivity index (χ1n) is 7.79. The van der Waals surface area contributed by atoms with Crippen LogP contribution in [0.15, 0.2) is 52.6 Å². The summed E-state index contributed by atoms with van der Waals surface area (Å²) in [6, 6.07) is 9.44. The number of amides is 1. The van der Waals surface area contributed by atoms with Crippen LogP contribution in [0.3, 0.4) is 0 Å². The molecule has 0 radical (unpaired) electrons. The molecule has 1 aromatic heterocycles. The Morgan fingerprint density at radius 2 is 1.96 bits per heavy atom. The molecule has 0 aliphatic carbocycles. The molecule has 1 aromatic carbocycles. The van der Waals surface area contributed by atoms with E-state index in [1.165, 1.54) is 45.7 Å². The highest BCUT2D eigenvalue weighted by Crippen LogP contribution is 2.30. The van der Waals surface area contributed by atoms with Crippen molar-refractivity contribution in [2.24, 2.45) is 5.10 Å². The van der Waals surface area contributed by atoms with Crippen molar-refractivity contribution in [3.8, 4) is 11.5 Å². The van der Waals surface area contributed by atoms with E-state index in [9.17, 15) is 13.2 Å². The van der Waals surface area contributed by atoms with Crippen LogP contribution in [-0.4, -0.2) is 57.6 Å². The number of nitrogens with one attached hydrogen (secondary N) is 1. The van der Waals surface area contributed by atoms with Crippen LogP contribution in [0, 0.1) is 0 Å². The maximum atomic E-state index is 12.6. The summed E-state index contributed by atoms with van der Waals surface area (Å²) < 4.78 is 36.4. The number of carbonyl (C=O) groups excluding carboxylic acids is 1. The Kier molecular flexibility index (Phi) is 6.85. The first-order valence-corrected chi connectivity index (χ1v) is 9.23. The molecule has 9 nitrogen and oxygen atoms in total. The molecule has 2 aromatic rings. The van der Waals surface area contributed by atoms with Gasteiger partial charge in [0.2, 0.25) is 10.0 Å². The first-order chi connectivity index (χ1) is 12.9. The summed E-state index contributed by atoms with van der Waals surface area (Å²) >= 11 is 0. The fraction of sp³-hybridized carbons (Fsp3) is 0.235. The Balaban J connectivity index is 2.04. The minimum Gasteiger partial charge on any atom is -0.493 e. The van der Waals surface area contributed by atoms with Gasteiger partial charge >= 0.3 is 0 Å². The van der Waals surface area contributed by atoms with Crippen molar-refractivity contribution in [3.63, 3.8) is 0 Å². The third-order valence-electron chi connectivity index (χ3n) is 3.50. The second-order valence-electron chi connectivity index (χ2n) is 5.33. The highest BCUT2D eigenvalue weighted by Gasteiger charge is 2.24. The van der Waals surface area contributed by atoms with Crippen LogP contribution in [0.5, 0.6) is 11.5 Å². The van der Waals surface area contributed by atoms with Gasteiger partial charge in [-0.2, -0.15) is 9.41 Å². The number of hydrogen-bond acceptors (Lipinski definition) is 7. The molecule has 0 atom stereocenters. The van der Waals surface area contributed by atoms with Crippen LogP contribution in [-0.2, 0) is 14.8 Å². The minimum absolute atomic E-state index is 0.0209. The van der Waals surface area contributed by atoms with Gasteiger partial charge < -0.3 is 9.47 Å². The number of likely N-dealkylation sites (N-methyl/N-ethyl adjacent to an activating group) is 1. The molecule has 0 aliphatic heterocycles. The smallest absolute Gasteiger partial charge is 0.255 e. The van der Waals surface area contributed by atoms with Gasteiger partial charge in [0.15, 0.2) is 11.5 Å². The summed E-state index contributed by atoms with van der Waals surface area (Å²) in [4.78, 5) is 15.9. The van der Waals surface area contributed by atoms with E-state index < -0.39 is 22.5 Å². The SMILES string of the molecule is COc1ccc(S(=O)(=O)N(C)CC(=O)N/N=C\c2ccccn2)cc1OC. The van der Waals surface area contributed by atoms with Crippen LogP contribution in [0.4, 0.5) is 0 Å². The Hall–Kier alpha value is -2.98. The van der Waals surface area contributed by atoms with E-state index in [1.807, 2.05) is 0 Å². The van der Waals surface area contributed by atoms with Gasteiger partial charge in [-0.1, -0.05) is 6.07 Å². The minimum atomic E-state index is -3.90. The molecule has 0 saturated carbocycles. The topological polar surface area (TPSA) is 110 Å². The molecule has 0 aliphatic rings. The standard InChI is InChI=1S/C17H20N4O5S/c1-21(12-17(22)20-19-11-13-6-4-5-9-18-13)27(23,24)14-7-8-15(25-2)16(10-14)26-3/h4-11H,12H2,1-3H3,(H,20,22)/b19-11-. The largest absolute Gasteiger partial charge is 0.493 e. The first kappa shape index (κ1) is 20.3. The predicted molar refractivity (Wildman–Crippen MR) is 99.3 cm³/mol. The lowest BCUT2D eigenvalue weighted by Gasteiger charge is -2.17. The number of nitrogens with zero attached hydrogens (tertiary/aromatic N) is 3. The molecule has 144 valence electrons. The van der Waals surface area contributed by atoms with Gasteiger partial charge in [-0.05, 0) is 24.3 Å². The molecule has 1 N–H and O–H groups in total. The van der Waals surface area contributed by atoms with Gasteiger partial charge in [-0.3, -0.25) is 9.78 Å². The zero-order chi connectivity index (χ0) is 19.9. The summed E-state index contributed by atoms with van der Waals surface area (Å²) in [5.74, 6) is 0.0887. The highest BCUT2D eigenvalue weighted by molar-refractivity contribution is 7.89. The van der Waals surface area contributed by atoms with Gasteiger partial charge in [0.1, 0.15) is 0 Å². The Morgan fingerprint density at radius 1 is 1.22 bits per heavy atom. The normalized spacial score (nSPS) is 11.6. The molecular weight excluding hydrogens is 372 g/mol. The van der Waals surface area contributed by atoms with Crippen molar-refractivity contribution in [1.29, 1.82) is 0 Å². The molecular formula is C17H20N4O5S. The Labute approximate surface area is 157 Å². The molecule has 2 rings (SSSR count). The Bertz CT molecular complexity index is 916. The molecule has 10 heteroatoms. The van der Waals surface area contributed by atoms with Crippen LogP contribution < -0.4 is 14.9 Å². The van der Waals surface area contributed by atoms with E-state index >= 15 is 0 Å². The molecule has 27 heavy (non-hydrogen) atoms. The number of ether oxygens (including phenoxy) is 2. The zero-order valence-corrected chi connectivity index (χ0v) is 15.9. The monoisotopic (exact) mass is 392 g/mol. The predicted octanol–water partition coefficient (Wildman–Crippen LogP) is 0.870. The maximum absolute atomic E-state index is 12.6. The number of methoxy groups -OCH3 is 2. The molecule has 1 heterocycles. The van der Waals surface area contributed by atoms with Gasteiger partial charge in [-0.25, -0.2) is 13.8 Å². The van der Waals surface area contributed by atoms with E-state index in [4.69, 9.17) is 9.47 Å². The van der Waals surface area contributed by atoms with Crippen molar-refractivity contribution in [3.05, 3.63) is 48.3 Å². The average Bonchev–Trinajstić information content (AvgIpc) is 2.68. The summed E-state index contributed by atoms with van der Waals surface area (Å²) in [5, 5.41) is 3.75. The number of sulfonamides is 1. The number of rotatable bonds is 8. The molecule has 0 unspecified atom stereocenters. The number of benzene rings is 1. The highest BCUT2D eigenvalue weighted by atomic mass is 32.2. The number of pyridine rings is 1. The lowest BCUT2D eigenvalue weighted by atomic mass is 10.3. The number of aromatic nitrogens is 1. The van der Waals surface area contributed by atoms with Gasteiger partial charge in [0.25, 0.3) is 5.91 Å². The molecule has 0 fully saturated rings. The second-order valence-corrected chi connectivity index (χ2v) is 7.37. The fourth-order valence-electron chi connectivity index (χ4n) is 2.10. The summed E-state index contributed by atoms with van der Waals surface area (Å²) in [6.07, 6.45) is 2.95. The number of hydrogen-bond donors (Lipinski definition) is 1. The van der Waals surface area contributed by atoms with Crippen molar-refractivity contribution in [2.45, 2.75) is 4.90 Å². The van der Waals surface area contributed by atoms with E-state index in [-0.39, 0.29) is 10.6 Å². The van der Waals surface area contributed by atoms with Gasteiger partial charge in [0, 0.05) is 19.3 Å². The lowest BCUT2D eigenvalue weighted by Crippen LogP contribution is -2.36. The summed E-state index contributed by atoms with van der Waals surface area (Å²) in [6.45, 7) is -0.407. The maximum Gasteiger partial charge on any atom is 0.255 e. The van der Waals surface area contributed by atoms with Crippen LogP contribution in [0.25, 0.3) is 0 Å². The van der Waals surface area contributed by atoms with Gasteiger partial charge in [-0.15, -0.1) is 0 Å². The van der Waals surface area contributed by atoms with E-state index in [1.54, 1.807) is 24.4 Å². The zero-order valence-electron chi connectivity index (χ0n) is 15.1. The van der Waals surface area contributed by atoms with Crippen molar-refractivity contribution in [2.75, 3.05) is 27.8 Å². The molecule has 1 amide bonds. The summed E-state index contributed by atoms with van der Waals surface area (Å²) in [7, 11) is 0.264. The quantitative estimate of drug-likeness (QED) is 0.527. The molecule has 0 spiro atoms. The van der Waals surface area contributed by atoms with E-state index in [0.717, 1.165) is 4.31 Å². The lowest BCUT2D eigenvalue weighted by molar-refractivity contribution is -0.121. The summed E-state index contributed by atoms with van der Waals surface area (Å²) in [5.41, 5.74) is 2.83. The van der Waals surface area contributed by atoms with Crippen LogP contribution >= 0.6 is 0 Å². The average molecular weight is 392 g/mol. The second kappa shape index (κ2) is 9.10. The molecule has 0 bridgehead atoms. The van der Waals surface area contributed by atoms with E-state index in [2.05, 4.69) is 15.5 Å². The van der Waals surface area contributed by atoms with Crippen LogP contribution in [0.1, 0.15) is 5.69 Å². The third kappa shape index (κ3) is 5.25. The van der Waals surface area contributed by atoms with Crippen molar-refractivity contribution < 1.29 is 22.7 Å². The van der Waals surface area contributed by atoms with Crippen molar-refractivity contribution >= 4 is 22.1 Å². The van der Waals surface area contributed by atoms with E-state index in [0.29, 0.717) is 11.4 Å². The number of hydrazone groups is 1. The van der Waals surface area contributed by atoms with Crippen molar-refractivity contribution in [1.82, 2.24) is 14.7 Å². The molecule has 0 saturated heterocycles. The Morgan fingerprint density at radius 3 is 2.59 bits per heavy atom. The van der Waals surface area contributed by atoms with Gasteiger partial charge in [0.05, 0.1) is 37.6 Å². The number of carbonyl (C=O) groups is 1. The fourth-order valence-corrected chi connectivity index (χ4v) is 3.25. The van der Waals surface area contributed by atoms with Crippen LogP contribution in [0.2, 0.25) is 0 Å². The third-order valence-corrected chi connectivity index (χ3v) is 5.30.